The SMILES string of the molecule is CCCCCCOCCOCCOCCN1C(=O)c2ccccc2C1=O. The third-order valence-electron chi connectivity index (χ3n) is 4.22. The highest BCUT2D eigenvalue weighted by Crippen LogP contribution is 2.21. The standard InChI is InChI=1S/C20H29NO5/c1-2-3-4-7-11-24-13-15-26-16-14-25-12-10-21-19(22)17-8-5-6-9-18(17)20(21)23/h5-6,8-9H,2-4,7,10-16H2,1H3. The van der Waals surface area contributed by atoms with Gasteiger partial charge in [-0.1, -0.05) is 38.3 Å². The first-order chi connectivity index (χ1) is 12.8. The molecule has 0 N–H and O–H groups in total. The molecule has 1 heterocycles. The van der Waals surface area contributed by atoms with Crippen LogP contribution >= 0.6 is 0 Å². The van der Waals surface area contributed by atoms with Crippen molar-refractivity contribution in [2.24, 2.45) is 0 Å². The lowest BCUT2D eigenvalue weighted by Crippen LogP contribution is -2.33. The molecule has 0 saturated carbocycles. The number of hydrogen-bond acceptors (Lipinski definition) is 5. The molecule has 1 aromatic carbocycles. The van der Waals surface area contributed by atoms with E-state index in [0.29, 0.717) is 44.2 Å². The third kappa shape index (κ3) is 6.20. The Kier molecular flexibility index (Phi) is 9.31. The number of hydrogen-bond donors (Lipinski definition) is 0. The quantitative estimate of drug-likeness (QED) is 0.376. The maximum absolute atomic E-state index is 12.2. The lowest BCUT2D eigenvalue weighted by molar-refractivity contribution is 0.0106. The Morgan fingerprint density at radius 3 is 1.85 bits per heavy atom. The minimum atomic E-state index is -0.249. The summed E-state index contributed by atoms with van der Waals surface area (Å²) in [7, 11) is 0. The fourth-order valence-corrected chi connectivity index (χ4v) is 2.77. The van der Waals surface area contributed by atoms with E-state index in [2.05, 4.69) is 6.92 Å². The van der Waals surface area contributed by atoms with E-state index in [9.17, 15) is 9.59 Å². The number of benzene rings is 1. The second-order valence-electron chi connectivity index (χ2n) is 6.21. The molecule has 0 spiro atoms. The highest BCUT2D eigenvalue weighted by molar-refractivity contribution is 6.21. The van der Waals surface area contributed by atoms with E-state index in [0.717, 1.165) is 13.0 Å². The monoisotopic (exact) mass is 363 g/mol. The summed E-state index contributed by atoms with van der Waals surface area (Å²) in [6.07, 6.45) is 4.82. The van der Waals surface area contributed by atoms with E-state index in [1.165, 1.54) is 24.2 Å². The van der Waals surface area contributed by atoms with Crippen LogP contribution in [-0.2, 0) is 14.2 Å². The minimum Gasteiger partial charge on any atom is -0.379 e. The maximum Gasteiger partial charge on any atom is 0.261 e. The van der Waals surface area contributed by atoms with E-state index in [4.69, 9.17) is 14.2 Å². The van der Waals surface area contributed by atoms with Gasteiger partial charge >= 0.3 is 0 Å². The Hall–Kier alpha value is -1.76. The number of nitrogens with zero attached hydrogens (tertiary/aromatic N) is 1. The molecule has 0 radical (unpaired) electrons. The van der Waals surface area contributed by atoms with Crippen molar-refractivity contribution in [1.82, 2.24) is 4.90 Å². The van der Waals surface area contributed by atoms with Gasteiger partial charge in [0.15, 0.2) is 0 Å². The van der Waals surface area contributed by atoms with Crippen molar-refractivity contribution in [2.45, 2.75) is 32.6 Å². The third-order valence-corrected chi connectivity index (χ3v) is 4.22. The van der Waals surface area contributed by atoms with Gasteiger partial charge < -0.3 is 14.2 Å². The van der Waals surface area contributed by atoms with E-state index >= 15 is 0 Å². The summed E-state index contributed by atoms with van der Waals surface area (Å²) >= 11 is 0. The lowest BCUT2D eigenvalue weighted by atomic mass is 10.1. The molecule has 0 saturated heterocycles. The molecule has 6 heteroatoms. The zero-order valence-electron chi connectivity index (χ0n) is 15.6. The van der Waals surface area contributed by atoms with Crippen molar-refractivity contribution < 1.29 is 23.8 Å². The Labute approximate surface area is 155 Å². The first-order valence-corrected chi connectivity index (χ1v) is 9.44. The highest BCUT2D eigenvalue weighted by atomic mass is 16.5. The van der Waals surface area contributed by atoms with Crippen LogP contribution in [0.4, 0.5) is 0 Å². The van der Waals surface area contributed by atoms with Gasteiger partial charge in [0.25, 0.3) is 11.8 Å². The summed E-state index contributed by atoms with van der Waals surface area (Å²) in [6.45, 7) is 5.60. The van der Waals surface area contributed by atoms with Crippen LogP contribution in [0.1, 0.15) is 53.3 Å². The molecule has 26 heavy (non-hydrogen) atoms. The highest BCUT2D eigenvalue weighted by Gasteiger charge is 2.34. The van der Waals surface area contributed by atoms with Crippen LogP contribution in [0.3, 0.4) is 0 Å². The molecule has 0 aromatic heterocycles. The van der Waals surface area contributed by atoms with Gasteiger partial charge in [-0.3, -0.25) is 14.5 Å². The average Bonchev–Trinajstić information content (AvgIpc) is 2.90. The average molecular weight is 363 g/mol. The molecule has 0 atom stereocenters. The number of fused-ring (bicyclic) bond motifs is 1. The molecule has 0 fully saturated rings. The first kappa shape index (κ1) is 20.6. The van der Waals surface area contributed by atoms with Gasteiger partial charge in [0, 0.05) is 6.61 Å². The smallest absolute Gasteiger partial charge is 0.261 e. The summed E-state index contributed by atoms with van der Waals surface area (Å²) in [5.41, 5.74) is 0.936. The van der Waals surface area contributed by atoms with Crippen LogP contribution in [0.2, 0.25) is 0 Å². The van der Waals surface area contributed by atoms with Crippen LogP contribution in [0.25, 0.3) is 0 Å². The van der Waals surface area contributed by atoms with E-state index in [-0.39, 0.29) is 18.4 Å². The number of carbonyl (C=O) groups is 2. The summed E-state index contributed by atoms with van der Waals surface area (Å²) < 4.78 is 16.4. The van der Waals surface area contributed by atoms with Gasteiger partial charge in [-0.25, -0.2) is 0 Å². The topological polar surface area (TPSA) is 65.1 Å². The van der Waals surface area contributed by atoms with Crippen LogP contribution in [0.15, 0.2) is 24.3 Å². The zero-order valence-corrected chi connectivity index (χ0v) is 15.6. The minimum absolute atomic E-state index is 0.249. The van der Waals surface area contributed by atoms with Gasteiger partial charge in [-0.15, -0.1) is 0 Å². The maximum atomic E-state index is 12.2. The Morgan fingerprint density at radius 2 is 1.27 bits per heavy atom. The lowest BCUT2D eigenvalue weighted by Gasteiger charge is -2.13. The summed E-state index contributed by atoms with van der Waals surface area (Å²) in [5, 5.41) is 0. The second-order valence-corrected chi connectivity index (χ2v) is 6.21. The molecule has 1 aliphatic heterocycles. The molecule has 1 aromatic rings. The Bertz CT molecular complexity index is 540. The normalized spacial score (nSPS) is 13.5. The van der Waals surface area contributed by atoms with Crippen LogP contribution in [0.5, 0.6) is 0 Å². The van der Waals surface area contributed by atoms with Gasteiger partial charge in [0.1, 0.15) is 0 Å². The summed E-state index contributed by atoms with van der Waals surface area (Å²) in [5.74, 6) is -0.497. The summed E-state index contributed by atoms with van der Waals surface area (Å²) in [4.78, 5) is 25.6. The fourth-order valence-electron chi connectivity index (χ4n) is 2.77. The molecule has 6 nitrogen and oxygen atoms in total. The molecule has 144 valence electrons. The van der Waals surface area contributed by atoms with E-state index < -0.39 is 0 Å². The van der Waals surface area contributed by atoms with Gasteiger partial charge in [0.2, 0.25) is 0 Å². The van der Waals surface area contributed by atoms with E-state index in [1.807, 2.05) is 0 Å². The first-order valence-electron chi connectivity index (χ1n) is 9.44. The number of carbonyl (C=O) groups excluding carboxylic acids is 2. The number of amides is 2. The molecule has 2 amide bonds. The number of rotatable bonds is 14. The van der Waals surface area contributed by atoms with Crippen molar-refractivity contribution in [1.29, 1.82) is 0 Å². The molecular weight excluding hydrogens is 334 g/mol. The zero-order chi connectivity index (χ0) is 18.6. The summed E-state index contributed by atoms with van der Waals surface area (Å²) in [6, 6.07) is 6.87. The van der Waals surface area contributed by atoms with Crippen molar-refractivity contribution in [2.75, 3.05) is 46.2 Å². The predicted octanol–water partition coefficient (Wildman–Crippen LogP) is 2.91. The molecule has 1 aliphatic rings. The molecular formula is C20H29NO5. The van der Waals surface area contributed by atoms with Crippen molar-refractivity contribution in [3.8, 4) is 0 Å². The fraction of sp³-hybridized carbons (Fsp3) is 0.600. The molecule has 0 unspecified atom stereocenters. The largest absolute Gasteiger partial charge is 0.379 e. The predicted molar refractivity (Wildman–Crippen MR) is 98.4 cm³/mol. The molecule has 2 rings (SSSR count). The van der Waals surface area contributed by atoms with Gasteiger partial charge in [-0.2, -0.15) is 0 Å². The second kappa shape index (κ2) is 11.8. The Balaban J connectivity index is 1.46. The number of unbranched alkanes of at least 4 members (excludes halogenated alkanes) is 3. The van der Waals surface area contributed by atoms with Crippen LogP contribution in [0, 0.1) is 0 Å². The van der Waals surface area contributed by atoms with Crippen LogP contribution < -0.4 is 0 Å². The van der Waals surface area contributed by atoms with Crippen molar-refractivity contribution >= 4 is 11.8 Å². The molecule has 0 bridgehead atoms. The van der Waals surface area contributed by atoms with Crippen LogP contribution in [-0.4, -0.2) is 62.9 Å². The number of ether oxygens (including phenoxy) is 3. The van der Waals surface area contributed by atoms with Gasteiger partial charge in [0.05, 0.1) is 50.7 Å². The molecule has 0 aliphatic carbocycles. The van der Waals surface area contributed by atoms with E-state index in [1.54, 1.807) is 24.3 Å². The van der Waals surface area contributed by atoms with Crippen molar-refractivity contribution in [3.05, 3.63) is 35.4 Å². The number of imide groups is 1. The van der Waals surface area contributed by atoms with Crippen molar-refractivity contribution in [3.63, 3.8) is 0 Å². The Morgan fingerprint density at radius 1 is 0.731 bits per heavy atom. The van der Waals surface area contributed by atoms with Gasteiger partial charge in [-0.05, 0) is 18.6 Å².